The third kappa shape index (κ3) is 7.55. The molecule has 0 aliphatic rings. The summed E-state index contributed by atoms with van der Waals surface area (Å²) in [4.78, 5) is 26.4. The maximum atomic E-state index is 13.6. The van der Waals surface area contributed by atoms with Gasteiger partial charge < -0.3 is 9.64 Å². The number of sulfonamides is 1. The molecule has 3 rings (SSSR count). The predicted molar refractivity (Wildman–Crippen MR) is 151 cm³/mol. The number of carbonyl (C=O) groups excluding carboxylic acids is 2. The van der Waals surface area contributed by atoms with Crippen molar-refractivity contribution in [1.82, 2.24) is 9.62 Å². The molecule has 0 aliphatic heterocycles. The Morgan fingerprint density at radius 2 is 1.57 bits per heavy atom. The molecule has 10 heteroatoms. The lowest BCUT2D eigenvalue weighted by Gasteiger charge is -2.18. The van der Waals surface area contributed by atoms with Crippen molar-refractivity contribution in [3.63, 3.8) is 0 Å². The SMILES string of the molecule is COc1ccc(C(F)F)cc1-c1cc(CC(=C=O)N(C)C)ccc1C(=O)NS(=O)(=O)Cc1ccc(C(C)C)cc1. The van der Waals surface area contributed by atoms with E-state index in [0.29, 0.717) is 16.8 Å². The van der Waals surface area contributed by atoms with Crippen molar-refractivity contribution in [3.8, 4) is 16.9 Å². The number of halogens is 2. The molecule has 1 amide bonds. The van der Waals surface area contributed by atoms with Gasteiger partial charge in [-0.25, -0.2) is 26.7 Å². The normalized spacial score (nSPS) is 11.3. The number of hydrogen-bond acceptors (Lipinski definition) is 6. The molecule has 7 nitrogen and oxygen atoms in total. The number of nitrogens with zero attached hydrogens (tertiary/aromatic N) is 1. The topological polar surface area (TPSA) is 92.8 Å². The zero-order valence-electron chi connectivity index (χ0n) is 23.0. The quantitative estimate of drug-likeness (QED) is 0.306. The summed E-state index contributed by atoms with van der Waals surface area (Å²) < 4.78 is 60.5. The molecule has 0 atom stereocenters. The molecular weight excluding hydrogens is 538 g/mol. The van der Waals surface area contributed by atoms with Crippen molar-refractivity contribution in [3.05, 3.63) is 94.2 Å². The minimum atomic E-state index is -4.11. The molecule has 1 N–H and O–H groups in total. The number of methoxy groups -OCH3 is 1. The Morgan fingerprint density at radius 3 is 2.12 bits per heavy atom. The molecular formula is C30H32F2N2O5S. The predicted octanol–water partition coefficient (Wildman–Crippen LogP) is 5.50. The highest BCUT2D eigenvalue weighted by Gasteiger charge is 2.23. The van der Waals surface area contributed by atoms with Gasteiger partial charge in [-0.15, -0.1) is 0 Å². The average molecular weight is 571 g/mol. The average Bonchev–Trinajstić information content (AvgIpc) is 2.90. The summed E-state index contributed by atoms with van der Waals surface area (Å²) in [6, 6.07) is 15.4. The summed E-state index contributed by atoms with van der Waals surface area (Å²) in [7, 11) is 0.611. The fourth-order valence-electron chi connectivity index (χ4n) is 4.12. The number of nitrogens with one attached hydrogen (secondary N) is 1. The van der Waals surface area contributed by atoms with Crippen LogP contribution >= 0.6 is 0 Å². The maximum Gasteiger partial charge on any atom is 0.265 e. The first-order valence-corrected chi connectivity index (χ1v) is 14.1. The number of benzene rings is 3. The van der Waals surface area contributed by atoms with E-state index >= 15 is 0 Å². The van der Waals surface area contributed by atoms with Gasteiger partial charge in [0.15, 0.2) is 0 Å². The zero-order valence-corrected chi connectivity index (χ0v) is 23.8. The first-order valence-electron chi connectivity index (χ1n) is 12.5. The molecule has 40 heavy (non-hydrogen) atoms. The van der Waals surface area contributed by atoms with Crippen molar-refractivity contribution in [2.24, 2.45) is 0 Å². The van der Waals surface area contributed by atoms with E-state index in [1.165, 1.54) is 31.4 Å². The van der Waals surface area contributed by atoms with Crippen molar-refractivity contribution in [2.75, 3.05) is 21.2 Å². The Hall–Kier alpha value is -4.01. The summed E-state index contributed by atoms with van der Waals surface area (Å²) in [5.74, 6) is 1.01. The second kappa shape index (κ2) is 12.9. The summed E-state index contributed by atoms with van der Waals surface area (Å²) in [5.41, 5.74) is 2.45. The van der Waals surface area contributed by atoms with Crippen LogP contribution in [0.4, 0.5) is 8.78 Å². The van der Waals surface area contributed by atoms with E-state index in [-0.39, 0.29) is 40.3 Å². The highest BCUT2D eigenvalue weighted by Crippen LogP contribution is 2.36. The molecule has 0 saturated carbocycles. The lowest BCUT2D eigenvalue weighted by atomic mass is 9.93. The molecule has 0 spiro atoms. The van der Waals surface area contributed by atoms with Crippen molar-refractivity contribution in [2.45, 2.75) is 38.4 Å². The summed E-state index contributed by atoms with van der Waals surface area (Å²) in [6.07, 6.45) is -2.64. The molecule has 0 aromatic heterocycles. The summed E-state index contributed by atoms with van der Waals surface area (Å²) >= 11 is 0. The highest BCUT2D eigenvalue weighted by molar-refractivity contribution is 7.89. The van der Waals surface area contributed by atoms with Crippen LogP contribution in [0.5, 0.6) is 5.75 Å². The summed E-state index contributed by atoms with van der Waals surface area (Å²) in [6.45, 7) is 4.05. The lowest BCUT2D eigenvalue weighted by Crippen LogP contribution is -2.32. The van der Waals surface area contributed by atoms with Crippen LogP contribution < -0.4 is 9.46 Å². The first kappa shape index (κ1) is 30.5. The van der Waals surface area contributed by atoms with Crippen LogP contribution in [-0.2, 0) is 27.0 Å². The molecule has 0 heterocycles. The lowest BCUT2D eigenvalue weighted by molar-refractivity contribution is 0.0982. The van der Waals surface area contributed by atoms with E-state index in [4.69, 9.17) is 4.74 Å². The van der Waals surface area contributed by atoms with Gasteiger partial charge in [0.2, 0.25) is 10.0 Å². The monoisotopic (exact) mass is 570 g/mol. The van der Waals surface area contributed by atoms with Crippen LogP contribution in [0.3, 0.4) is 0 Å². The molecule has 0 bridgehead atoms. The smallest absolute Gasteiger partial charge is 0.265 e. The van der Waals surface area contributed by atoms with Crippen LogP contribution in [0.15, 0.2) is 66.4 Å². The third-order valence-electron chi connectivity index (χ3n) is 6.37. The van der Waals surface area contributed by atoms with Gasteiger partial charge in [0.1, 0.15) is 17.4 Å². The van der Waals surface area contributed by atoms with E-state index in [0.717, 1.165) is 5.56 Å². The van der Waals surface area contributed by atoms with Gasteiger partial charge in [0, 0.05) is 37.2 Å². The Labute approximate surface area is 233 Å². The number of hydrogen-bond donors (Lipinski definition) is 1. The number of allylic oxidation sites excluding steroid dienone is 1. The number of rotatable bonds is 11. The molecule has 0 aliphatic carbocycles. The fourth-order valence-corrected chi connectivity index (χ4v) is 5.22. The second-order valence-electron chi connectivity index (χ2n) is 9.85. The Bertz CT molecular complexity index is 1530. The first-order chi connectivity index (χ1) is 18.8. The number of ether oxygens (including phenoxy) is 1. The van der Waals surface area contributed by atoms with Gasteiger partial charge in [-0.3, -0.25) is 4.79 Å². The van der Waals surface area contributed by atoms with Crippen molar-refractivity contribution < 1.29 is 31.5 Å². The van der Waals surface area contributed by atoms with Crippen LogP contribution in [0.2, 0.25) is 0 Å². The molecule has 3 aromatic carbocycles. The Kier molecular flexibility index (Phi) is 9.84. The molecule has 0 saturated heterocycles. The van der Waals surface area contributed by atoms with E-state index in [1.807, 2.05) is 31.9 Å². The molecule has 212 valence electrons. The second-order valence-corrected chi connectivity index (χ2v) is 11.6. The van der Waals surface area contributed by atoms with Gasteiger partial charge in [-0.05, 0) is 58.5 Å². The van der Waals surface area contributed by atoms with Gasteiger partial charge in [-0.2, -0.15) is 0 Å². The van der Waals surface area contributed by atoms with Crippen molar-refractivity contribution >= 4 is 21.9 Å². The molecule has 0 fully saturated rings. The zero-order chi connectivity index (χ0) is 29.6. The van der Waals surface area contributed by atoms with E-state index in [2.05, 4.69) is 4.72 Å². The van der Waals surface area contributed by atoms with Gasteiger partial charge >= 0.3 is 0 Å². The number of alkyl halides is 2. The summed E-state index contributed by atoms with van der Waals surface area (Å²) in [5, 5.41) is 0. The maximum absolute atomic E-state index is 13.6. The van der Waals surface area contributed by atoms with Gasteiger partial charge in [0.05, 0.1) is 12.9 Å². The molecule has 3 aromatic rings. The van der Waals surface area contributed by atoms with E-state index in [1.54, 1.807) is 43.3 Å². The minimum Gasteiger partial charge on any atom is -0.496 e. The Morgan fingerprint density at radius 1 is 0.950 bits per heavy atom. The van der Waals surface area contributed by atoms with Crippen LogP contribution in [0, 0.1) is 0 Å². The van der Waals surface area contributed by atoms with Crippen molar-refractivity contribution in [1.29, 1.82) is 0 Å². The number of likely N-dealkylation sites (N-methyl/N-ethyl adjacent to an activating group) is 1. The third-order valence-corrected chi connectivity index (χ3v) is 7.58. The van der Waals surface area contributed by atoms with E-state index < -0.39 is 28.1 Å². The Balaban J connectivity index is 2.05. The molecule has 0 radical (unpaired) electrons. The van der Waals surface area contributed by atoms with Crippen LogP contribution in [0.1, 0.15) is 58.8 Å². The van der Waals surface area contributed by atoms with Crippen LogP contribution in [-0.4, -0.2) is 46.4 Å². The largest absolute Gasteiger partial charge is 0.496 e. The highest BCUT2D eigenvalue weighted by atomic mass is 32.2. The fraction of sp³-hybridized carbons (Fsp3) is 0.300. The molecule has 0 unspecified atom stereocenters. The number of amides is 1. The van der Waals surface area contributed by atoms with E-state index in [9.17, 15) is 26.8 Å². The van der Waals surface area contributed by atoms with Gasteiger partial charge in [-0.1, -0.05) is 44.2 Å². The van der Waals surface area contributed by atoms with Crippen LogP contribution in [0.25, 0.3) is 11.1 Å². The van der Waals surface area contributed by atoms with Gasteiger partial charge in [0.25, 0.3) is 12.3 Å². The standard InChI is InChI=1S/C30H32F2N2O5S/c1-19(2)22-9-6-20(7-10-22)18-40(37,38)33-30(36)25-12-8-21(14-24(17-35)34(3)4)15-26(25)27-16-23(29(31)32)11-13-28(27)39-5/h6-13,15-16,19,29H,14,18H2,1-5H3,(H,33,36). The number of carbonyl (C=O) groups is 1. The minimum absolute atomic E-state index is 0.0614.